The van der Waals surface area contributed by atoms with Gasteiger partial charge in [-0.15, -0.1) is 0 Å². The molecule has 1 saturated heterocycles. The zero-order valence-electron chi connectivity index (χ0n) is 11.4. The molecule has 17 heavy (non-hydrogen) atoms. The normalized spacial score (nSPS) is 19.8. The van der Waals surface area contributed by atoms with E-state index in [-0.39, 0.29) is 6.04 Å². The van der Waals surface area contributed by atoms with Crippen molar-refractivity contribution >= 4 is 0 Å². The second kappa shape index (κ2) is 8.86. The largest absolute Gasteiger partial charge is 0.385 e. The molecule has 0 aromatic rings. The topological polar surface area (TPSA) is 47.7 Å². The molecular formula is C13H28N2O2. The molecule has 4 nitrogen and oxygen atoms in total. The van der Waals surface area contributed by atoms with Crippen molar-refractivity contribution in [1.29, 1.82) is 0 Å². The van der Waals surface area contributed by atoms with Crippen LogP contribution in [0.1, 0.15) is 25.7 Å². The molecule has 0 aromatic heterocycles. The molecule has 0 spiro atoms. The number of hydrogen-bond donors (Lipinski definition) is 1. The maximum absolute atomic E-state index is 6.10. The molecule has 0 aromatic carbocycles. The molecule has 0 amide bonds. The average Bonchev–Trinajstić information content (AvgIpc) is 2.30. The molecule has 1 aliphatic rings. The lowest BCUT2D eigenvalue weighted by molar-refractivity contribution is 0.0549. The minimum absolute atomic E-state index is 0.273. The monoisotopic (exact) mass is 244 g/mol. The van der Waals surface area contributed by atoms with E-state index < -0.39 is 0 Å². The van der Waals surface area contributed by atoms with Crippen LogP contribution in [0.5, 0.6) is 0 Å². The van der Waals surface area contributed by atoms with Crippen LogP contribution in [-0.4, -0.2) is 58.0 Å². The quantitative estimate of drug-likeness (QED) is 0.650. The first-order chi connectivity index (χ1) is 8.22. The molecule has 1 fully saturated rings. The molecular weight excluding hydrogens is 216 g/mol. The van der Waals surface area contributed by atoms with E-state index in [9.17, 15) is 0 Å². The van der Waals surface area contributed by atoms with Gasteiger partial charge in [0.05, 0.1) is 0 Å². The van der Waals surface area contributed by atoms with E-state index in [1.807, 2.05) is 0 Å². The van der Waals surface area contributed by atoms with Crippen LogP contribution in [0.3, 0.4) is 0 Å². The van der Waals surface area contributed by atoms with Crippen molar-refractivity contribution < 1.29 is 9.47 Å². The molecule has 1 atom stereocenters. The predicted molar refractivity (Wildman–Crippen MR) is 70.1 cm³/mol. The van der Waals surface area contributed by atoms with Crippen molar-refractivity contribution in [3.05, 3.63) is 0 Å². The van der Waals surface area contributed by atoms with Gasteiger partial charge in [0, 0.05) is 46.1 Å². The first kappa shape index (κ1) is 14.9. The Morgan fingerprint density at radius 2 is 2.12 bits per heavy atom. The Morgan fingerprint density at radius 3 is 2.76 bits per heavy atom. The van der Waals surface area contributed by atoms with Crippen molar-refractivity contribution in [3.63, 3.8) is 0 Å². The molecule has 0 bridgehead atoms. The van der Waals surface area contributed by atoms with Gasteiger partial charge in [-0.3, -0.25) is 0 Å². The Hall–Kier alpha value is -0.160. The van der Waals surface area contributed by atoms with Gasteiger partial charge in [-0.05, 0) is 38.6 Å². The highest BCUT2D eigenvalue weighted by molar-refractivity contribution is 4.71. The summed E-state index contributed by atoms with van der Waals surface area (Å²) < 4.78 is 10.4. The van der Waals surface area contributed by atoms with Gasteiger partial charge in [-0.25, -0.2) is 0 Å². The van der Waals surface area contributed by atoms with E-state index in [4.69, 9.17) is 15.2 Å². The van der Waals surface area contributed by atoms with Crippen LogP contribution in [0.25, 0.3) is 0 Å². The summed E-state index contributed by atoms with van der Waals surface area (Å²) in [6.45, 7) is 4.82. The third kappa shape index (κ3) is 6.99. The Balaban J connectivity index is 2.07. The Kier molecular flexibility index (Phi) is 7.77. The van der Waals surface area contributed by atoms with Gasteiger partial charge in [-0.1, -0.05) is 0 Å². The molecule has 1 unspecified atom stereocenters. The fraction of sp³-hybridized carbons (Fsp3) is 1.00. The molecule has 1 rings (SSSR count). The van der Waals surface area contributed by atoms with Gasteiger partial charge in [0.2, 0.25) is 0 Å². The fourth-order valence-electron chi connectivity index (χ4n) is 2.43. The summed E-state index contributed by atoms with van der Waals surface area (Å²) in [5.74, 6) is 0.792. The van der Waals surface area contributed by atoms with Crippen LogP contribution in [0, 0.1) is 5.92 Å². The van der Waals surface area contributed by atoms with Crippen molar-refractivity contribution in [2.75, 3.05) is 47.1 Å². The number of ether oxygens (including phenoxy) is 2. The molecule has 0 radical (unpaired) electrons. The van der Waals surface area contributed by atoms with Crippen molar-refractivity contribution in [1.82, 2.24) is 4.90 Å². The zero-order valence-corrected chi connectivity index (χ0v) is 11.4. The summed E-state index contributed by atoms with van der Waals surface area (Å²) in [5.41, 5.74) is 6.10. The highest BCUT2D eigenvalue weighted by atomic mass is 16.5. The first-order valence-electron chi connectivity index (χ1n) is 6.73. The summed E-state index contributed by atoms with van der Waals surface area (Å²) in [6.07, 6.45) is 4.50. The number of methoxy groups -OCH3 is 1. The van der Waals surface area contributed by atoms with Crippen molar-refractivity contribution in [2.24, 2.45) is 11.7 Å². The summed E-state index contributed by atoms with van der Waals surface area (Å²) >= 11 is 0. The maximum Gasteiger partial charge on any atom is 0.0469 e. The fourth-order valence-corrected chi connectivity index (χ4v) is 2.43. The molecule has 102 valence electrons. The number of hydrogen-bond acceptors (Lipinski definition) is 4. The van der Waals surface area contributed by atoms with E-state index in [0.29, 0.717) is 0 Å². The summed E-state index contributed by atoms with van der Waals surface area (Å²) in [4.78, 5) is 2.37. The minimum atomic E-state index is 0.273. The molecule has 0 aliphatic carbocycles. The summed E-state index contributed by atoms with van der Waals surface area (Å²) in [6, 6.07) is 0.273. The molecule has 1 aliphatic heterocycles. The molecule has 1 heterocycles. The lowest BCUT2D eigenvalue weighted by atomic mass is 9.99. The number of nitrogens with zero attached hydrogens (tertiary/aromatic N) is 1. The Labute approximate surface area is 105 Å². The lowest BCUT2D eigenvalue weighted by Gasteiger charge is -2.28. The van der Waals surface area contributed by atoms with E-state index >= 15 is 0 Å². The third-order valence-corrected chi connectivity index (χ3v) is 3.38. The van der Waals surface area contributed by atoms with E-state index in [0.717, 1.165) is 51.7 Å². The highest BCUT2D eigenvalue weighted by Crippen LogP contribution is 2.15. The smallest absolute Gasteiger partial charge is 0.0469 e. The minimum Gasteiger partial charge on any atom is -0.385 e. The van der Waals surface area contributed by atoms with E-state index in [2.05, 4.69) is 11.9 Å². The standard InChI is InChI=1S/C13H28N2O2/c1-15(10-12-5-8-17-9-6-12)11-13(14)4-3-7-16-2/h12-13H,3-11,14H2,1-2H3. The van der Waals surface area contributed by atoms with Crippen LogP contribution in [0.2, 0.25) is 0 Å². The van der Waals surface area contributed by atoms with Crippen LogP contribution in [0.15, 0.2) is 0 Å². The second-order valence-electron chi connectivity index (χ2n) is 5.17. The van der Waals surface area contributed by atoms with Gasteiger partial charge in [0.15, 0.2) is 0 Å². The lowest BCUT2D eigenvalue weighted by Crippen LogP contribution is -2.38. The summed E-state index contributed by atoms with van der Waals surface area (Å²) in [5, 5.41) is 0. The third-order valence-electron chi connectivity index (χ3n) is 3.38. The second-order valence-corrected chi connectivity index (χ2v) is 5.17. The van der Waals surface area contributed by atoms with Gasteiger partial charge >= 0.3 is 0 Å². The number of nitrogens with two attached hydrogens (primary N) is 1. The zero-order chi connectivity index (χ0) is 12.5. The van der Waals surface area contributed by atoms with Gasteiger partial charge < -0.3 is 20.1 Å². The van der Waals surface area contributed by atoms with E-state index in [1.54, 1.807) is 7.11 Å². The molecule has 0 saturated carbocycles. The molecule has 4 heteroatoms. The Morgan fingerprint density at radius 1 is 1.41 bits per heavy atom. The predicted octanol–water partition coefficient (Wildman–Crippen LogP) is 1.10. The van der Waals surface area contributed by atoms with Gasteiger partial charge in [0.1, 0.15) is 0 Å². The summed E-state index contributed by atoms with van der Waals surface area (Å²) in [7, 11) is 3.91. The SMILES string of the molecule is COCCCC(N)CN(C)CC1CCOCC1. The maximum atomic E-state index is 6.10. The number of likely N-dealkylation sites (N-methyl/N-ethyl adjacent to an activating group) is 1. The van der Waals surface area contributed by atoms with Crippen LogP contribution in [0.4, 0.5) is 0 Å². The Bertz CT molecular complexity index is 184. The molecule has 2 N–H and O–H groups in total. The highest BCUT2D eigenvalue weighted by Gasteiger charge is 2.16. The first-order valence-corrected chi connectivity index (χ1v) is 6.73. The van der Waals surface area contributed by atoms with Crippen LogP contribution in [-0.2, 0) is 9.47 Å². The number of rotatable bonds is 8. The van der Waals surface area contributed by atoms with Crippen molar-refractivity contribution in [3.8, 4) is 0 Å². The average molecular weight is 244 g/mol. The van der Waals surface area contributed by atoms with Crippen LogP contribution < -0.4 is 5.73 Å². The van der Waals surface area contributed by atoms with Gasteiger partial charge in [0.25, 0.3) is 0 Å². The van der Waals surface area contributed by atoms with E-state index in [1.165, 1.54) is 12.8 Å². The van der Waals surface area contributed by atoms with Gasteiger partial charge in [-0.2, -0.15) is 0 Å². The van der Waals surface area contributed by atoms with Crippen molar-refractivity contribution in [2.45, 2.75) is 31.7 Å². The van der Waals surface area contributed by atoms with Crippen LogP contribution >= 0.6 is 0 Å².